The highest BCUT2D eigenvalue weighted by atomic mass is 32.2. The first-order valence-corrected chi connectivity index (χ1v) is 7.00. The molecule has 1 aliphatic heterocycles. The van der Waals surface area contributed by atoms with E-state index in [9.17, 15) is 17.9 Å². The molecule has 0 amide bonds. The molecule has 1 aliphatic rings. The van der Waals surface area contributed by atoms with Crippen LogP contribution in [-0.2, 0) is 10.0 Å². The van der Waals surface area contributed by atoms with Crippen molar-refractivity contribution in [2.75, 3.05) is 18.8 Å². The lowest BCUT2D eigenvalue weighted by Gasteiger charge is -2.16. The Kier molecular flexibility index (Phi) is 3.31. The highest BCUT2D eigenvalue weighted by Gasteiger charge is 2.32. The average Bonchev–Trinajstić information content (AvgIpc) is 2.72. The summed E-state index contributed by atoms with van der Waals surface area (Å²) >= 11 is 0. The minimum absolute atomic E-state index is 0.0343. The summed E-state index contributed by atoms with van der Waals surface area (Å²) in [4.78, 5) is -0.0343. The van der Waals surface area contributed by atoms with E-state index >= 15 is 0 Å². The van der Waals surface area contributed by atoms with Crippen LogP contribution in [0.25, 0.3) is 0 Å². The second kappa shape index (κ2) is 4.49. The molecule has 0 saturated carbocycles. The maximum Gasteiger partial charge on any atom is 0.243 e. The standard InChI is InChI=1S/C11H15FN2O3S/c1-7-4-9(5-10(13)11(7)12)18(16,17)14-3-2-8(15)6-14/h4-5,8,15H,2-3,6,13H2,1H3. The van der Waals surface area contributed by atoms with Crippen LogP contribution < -0.4 is 5.73 Å². The largest absolute Gasteiger partial charge is 0.396 e. The summed E-state index contributed by atoms with van der Waals surface area (Å²) < 4.78 is 39.0. The molecule has 1 heterocycles. The molecule has 1 atom stereocenters. The maximum atomic E-state index is 13.4. The SMILES string of the molecule is Cc1cc(S(=O)(=O)N2CCC(O)C2)cc(N)c1F. The number of aryl methyl sites for hydroxylation is 1. The van der Waals surface area contributed by atoms with Gasteiger partial charge in [-0.25, -0.2) is 12.8 Å². The number of hydrogen-bond donors (Lipinski definition) is 2. The van der Waals surface area contributed by atoms with E-state index in [-0.39, 0.29) is 29.2 Å². The first-order chi connectivity index (χ1) is 8.32. The molecule has 1 aromatic rings. The van der Waals surface area contributed by atoms with Crippen LogP contribution >= 0.6 is 0 Å². The van der Waals surface area contributed by atoms with Crippen molar-refractivity contribution in [1.82, 2.24) is 4.31 Å². The van der Waals surface area contributed by atoms with Crippen LogP contribution in [0, 0.1) is 12.7 Å². The Balaban J connectivity index is 2.42. The molecule has 0 spiro atoms. The topological polar surface area (TPSA) is 83.6 Å². The second-order valence-corrected chi connectivity index (χ2v) is 6.39. The van der Waals surface area contributed by atoms with Gasteiger partial charge in [0.15, 0.2) is 0 Å². The zero-order chi connectivity index (χ0) is 13.5. The van der Waals surface area contributed by atoms with E-state index in [2.05, 4.69) is 0 Å². The summed E-state index contributed by atoms with van der Waals surface area (Å²) in [6, 6.07) is 2.37. The minimum Gasteiger partial charge on any atom is -0.396 e. The molecule has 100 valence electrons. The van der Waals surface area contributed by atoms with Crippen LogP contribution in [0.15, 0.2) is 17.0 Å². The molecular formula is C11H15FN2O3S. The third kappa shape index (κ3) is 2.21. The Morgan fingerprint density at radius 3 is 2.67 bits per heavy atom. The predicted molar refractivity (Wildman–Crippen MR) is 64.9 cm³/mol. The fourth-order valence-corrected chi connectivity index (χ4v) is 3.60. The molecule has 1 fully saturated rings. The van der Waals surface area contributed by atoms with E-state index in [4.69, 9.17) is 5.73 Å². The molecule has 7 heteroatoms. The van der Waals surface area contributed by atoms with Crippen molar-refractivity contribution in [1.29, 1.82) is 0 Å². The van der Waals surface area contributed by atoms with Crippen molar-refractivity contribution in [3.05, 3.63) is 23.5 Å². The van der Waals surface area contributed by atoms with Crippen LogP contribution in [0.3, 0.4) is 0 Å². The first kappa shape index (κ1) is 13.3. The second-order valence-electron chi connectivity index (χ2n) is 4.45. The molecule has 0 aliphatic carbocycles. The van der Waals surface area contributed by atoms with Gasteiger partial charge in [-0.1, -0.05) is 0 Å². The van der Waals surface area contributed by atoms with Crippen LogP contribution in [-0.4, -0.2) is 37.0 Å². The zero-order valence-corrected chi connectivity index (χ0v) is 10.7. The molecule has 1 unspecified atom stereocenters. The predicted octanol–water partition coefficient (Wildman–Crippen LogP) is 0.472. The molecule has 5 nitrogen and oxygen atoms in total. The van der Waals surface area contributed by atoms with E-state index in [1.165, 1.54) is 17.3 Å². The van der Waals surface area contributed by atoms with Crippen molar-refractivity contribution in [2.45, 2.75) is 24.3 Å². The van der Waals surface area contributed by atoms with Gasteiger partial charge in [0.05, 0.1) is 16.7 Å². The number of aliphatic hydroxyl groups excluding tert-OH is 1. The van der Waals surface area contributed by atoms with Crippen molar-refractivity contribution < 1.29 is 17.9 Å². The normalized spacial score (nSPS) is 21.4. The Labute approximate surface area is 105 Å². The Morgan fingerprint density at radius 1 is 1.50 bits per heavy atom. The number of sulfonamides is 1. The number of β-amino-alcohol motifs (C(OH)–C–C–N with tert-alkyl or cyclic N) is 1. The van der Waals surface area contributed by atoms with Gasteiger partial charge < -0.3 is 10.8 Å². The fourth-order valence-electron chi connectivity index (χ4n) is 1.99. The molecule has 0 aromatic heterocycles. The number of hydrogen-bond acceptors (Lipinski definition) is 4. The van der Waals surface area contributed by atoms with Crippen molar-refractivity contribution in [3.8, 4) is 0 Å². The summed E-state index contributed by atoms with van der Waals surface area (Å²) in [5.74, 6) is -0.601. The van der Waals surface area contributed by atoms with Gasteiger partial charge in [-0.3, -0.25) is 0 Å². The number of benzene rings is 1. The number of halogens is 1. The minimum atomic E-state index is -3.71. The summed E-state index contributed by atoms with van der Waals surface area (Å²) in [6.45, 7) is 1.79. The van der Waals surface area contributed by atoms with Gasteiger partial charge in [0.1, 0.15) is 5.82 Å². The van der Waals surface area contributed by atoms with Gasteiger partial charge >= 0.3 is 0 Å². The summed E-state index contributed by atoms with van der Waals surface area (Å²) in [6.07, 6.45) is -0.229. The monoisotopic (exact) mass is 274 g/mol. The van der Waals surface area contributed by atoms with Crippen LogP contribution in [0.1, 0.15) is 12.0 Å². The number of aliphatic hydroxyl groups is 1. The number of rotatable bonds is 2. The molecule has 0 bridgehead atoms. The molecule has 3 N–H and O–H groups in total. The highest BCUT2D eigenvalue weighted by molar-refractivity contribution is 7.89. The van der Waals surface area contributed by atoms with Crippen LogP contribution in [0.2, 0.25) is 0 Å². The average molecular weight is 274 g/mol. The molecule has 1 aromatic carbocycles. The Morgan fingerprint density at radius 2 is 2.17 bits per heavy atom. The molecule has 1 saturated heterocycles. The molecule has 18 heavy (non-hydrogen) atoms. The van der Waals surface area contributed by atoms with Gasteiger partial charge in [-0.15, -0.1) is 0 Å². The lowest BCUT2D eigenvalue weighted by molar-refractivity contribution is 0.189. The summed E-state index contributed by atoms with van der Waals surface area (Å²) in [7, 11) is -3.71. The van der Waals surface area contributed by atoms with Crippen molar-refractivity contribution in [3.63, 3.8) is 0 Å². The van der Waals surface area contributed by atoms with E-state index in [0.717, 1.165) is 6.07 Å². The lowest BCUT2D eigenvalue weighted by Crippen LogP contribution is -2.29. The Hall–Kier alpha value is -1.18. The molecule has 2 rings (SSSR count). The fraction of sp³-hybridized carbons (Fsp3) is 0.455. The van der Waals surface area contributed by atoms with E-state index < -0.39 is 21.9 Å². The molecule has 0 radical (unpaired) electrons. The van der Waals surface area contributed by atoms with Crippen LogP contribution in [0.5, 0.6) is 0 Å². The number of anilines is 1. The maximum absolute atomic E-state index is 13.4. The quantitative estimate of drug-likeness (QED) is 0.768. The summed E-state index contributed by atoms with van der Waals surface area (Å²) in [5, 5.41) is 9.37. The first-order valence-electron chi connectivity index (χ1n) is 5.56. The number of nitrogen functional groups attached to an aromatic ring is 1. The van der Waals surface area contributed by atoms with Crippen molar-refractivity contribution >= 4 is 15.7 Å². The molecular weight excluding hydrogens is 259 g/mol. The van der Waals surface area contributed by atoms with Gasteiger partial charge in [0.2, 0.25) is 10.0 Å². The van der Waals surface area contributed by atoms with Gasteiger partial charge in [-0.2, -0.15) is 4.31 Å². The number of nitrogens with two attached hydrogens (primary N) is 1. The van der Waals surface area contributed by atoms with Gasteiger partial charge in [-0.05, 0) is 31.0 Å². The van der Waals surface area contributed by atoms with E-state index in [1.807, 2.05) is 0 Å². The van der Waals surface area contributed by atoms with Gasteiger partial charge in [0.25, 0.3) is 0 Å². The summed E-state index contributed by atoms with van der Waals surface area (Å²) in [5.41, 5.74) is 5.44. The zero-order valence-electron chi connectivity index (χ0n) is 9.93. The van der Waals surface area contributed by atoms with E-state index in [1.54, 1.807) is 0 Å². The smallest absolute Gasteiger partial charge is 0.243 e. The van der Waals surface area contributed by atoms with Crippen molar-refractivity contribution in [2.24, 2.45) is 0 Å². The van der Waals surface area contributed by atoms with Crippen LogP contribution in [0.4, 0.5) is 10.1 Å². The third-order valence-electron chi connectivity index (χ3n) is 3.02. The third-order valence-corrected chi connectivity index (χ3v) is 4.86. The number of nitrogens with zero attached hydrogens (tertiary/aromatic N) is 1. The van der Waals surface area contributed by atoms with Gasteiger partial charge in [0, 0.05) is 13.1 Å². The lowest BCUT2D eigenvalue weighted by atomic mass is 10.2. The Bertz CT molecular complexity index is 551. The highest BCUT2D eigenvalue weighted by Crippen LogP contribution is 2.25. The van der Waals surface area contributed by atoms with E-state index in [0.29, 0.717) is 6.42 Å².